The Bertz CT molecular complexity index is 965. The molecule has 0 bridgehead atoms. The predicted octanol–water partition coefficient (Wildman–Crippen LogP) is 3.78. The van der Waals surface area contributed by atoms with Crippen molar-refractivity contribution in [2.45, 2.75) is 6.42 Å². The molecule has 0 aliphatic heterocycles. The van der Waals surface area contributed by atoms with Crippen LogP contribution in [0.3, 0.4) is 0 Å². The number of nitrogens with zero attached hydrogens (tertiary/aromatic N) is 4. The number of H-pyrrole nitrogens is 1. The number of fused-ring (bicyclic) bond motifs is 1. The Kier molecular flexibility index (Phi) is 4.10. The first-order chi connectivity index (χ1) is 11.8. The van der Waals surface area contributed by atoms with E-state index in [1.165, 1.54) is 0 Å². The van der Waals surface area contributed by atoms with Crippen molar-refractivity contribution < 1.29 is 0 Å². The summed E-state index contributed by atoms with van der Waals surface area (Å²) in [6.07, 6.45) is 6.05. The number of nitrogens with one attached hydrogen (secondary N) is 2. The van der Waals surface area contributed by atoms with Gasteiger partial charge >= 0.3 is 0 Å². The van der Waals surface area contributed by atoms with Crippen molar-refractivity contribution in [3.05, 3.63) is 52.9 Å². The molecular weight excluding hydrogens is 344 g/mol. The molecule has 0 aromatic carbocycles. The summed E-state index contributed by atoms with van der Waals surface area (Å²) in [5.74, 6) is 1.41. The van der Waals surface area contributed by atoms with Crippen LogP contribution in [0.4, 0.5) is 5.82 Å². The normalized spacial score (nSPS) is 11.0. The van der Waals surface area contributed by atoms with E-state index >= 15 is 0 Å². The number of aromatic amines is 1. The molecule has 0 radical (unpaired) electrons. The molecule has 0 atom stereocenters. The van der Waals surface area contributed by atoms with E-state index < -0.39 is 0 Å². The molecule has 2 N–H and O–H groups in total. The second-order valence-corrected chi connectivity index (χ2v) is 6.39. The van der Waals surface area contributed by atoms with Crippen LogP contribution in [0.2, 0.25) is 5.02 Å². The van der Waals surface area contributed by atoms with Gasteiger partial charge in [0, 0.05) is 42.3 Å². The largest absolute Gasteiger partial charge is 0.370 e. The first kappa shape index (κ1) is 15.0. The highest BCUT2D eigenvalue weighted by Gasteiger charge is 2.08. The third-order valence-corrected chi connectivity index (χ3v) is 4.67. The fraction of sp³-hybridized carbons (Fsp3) is 0.125. The van der Waals surface area contributed by atoms with Crippen molar-refractivity contribution in [2.75, 3.05) is 11.9 Å². The van der Waals surface area contributed by atoms with Crippen molar-refractivity contribution in [1.82, 2.24) is 24.9 Å². The van der Waals surface area contributed by atoms with Gasteiger partial charge in [-0.1, -0.05) is 11.6 Å². The fourth-order valence-electron chi connectivity index (χ4n) is 2.34. The number of thiazole rings is 1. The second-order valence-electron chi connectivity index (χ2n) is 5.12. The lowest BCUT2D eigenvalue weighted by Gasteiger charge is -2.05. The minimum Gasteiger partial charge on any atom is -0.370 e. The number of halogens is 1. The number of hydrogen-bond acceptors (Lipinski definition) is 6. The van der Waals surface area contributed by atoms with Crippen LogP contribution < -0.4 is 5.32 Å². The lowest BCUT2D eigenvalue weighted by atomic mass is 10.3. The third kappa shape index (κ3) is 3.08. The highest BCUT2D eigenvalue weighted by molar-refractivity contribution is 7.13. The Hall–Kier alpha value is -2.51. The molecule has 0 aliphatic carbocycles. The van der Waals surface area contributed by atoms with Gasteiger partial charge in [-0.2, -0.15) is 0 Å². The van der Waals surface area contributed by atoms with Gasteiger partial charge in [0.1, 0.15) is 11.5 Å². The molecule has 0 fully saturated rings. The van der Waals surface area contributed by atoms with Gasteiger partial charge in [-0.25, -0.2) is 19.9 Å². The number of hydrogen-bond donors (Lipinski definition) is 2. The van der Waals surface area contributed by atoms with Gasteiger partial charge in [-0.15, -0.1) is 11.3 Å². The standard InChI is InChI=1S/C16H13ClN6S/c17-12-8-13(23-14-11(12)3-7-21-14)18-6-2-10-9-24-16(22-10)15-19-4-1-5-20-15/h1,3-5,7-9H,2,6H2,(H2,18,21,23). The number of rotatable bonds is 5. The molecule has 120 valence electrons. The SMILES string of the molecule is Clc1cc(NCCc2csc(-c3ncccn3)n2)nc2[nH]ccc12. The molecular formula is C16H13ClN6S. The lowest BCUT2D eigenvalue weighted by molar-refractivity contribution is 0.968. The van der Waals surface area contributed by atoms with E-state index in [2.05, 4.69) is 30.2 Å². The summed E-state index contributed by atoms with van der Waals surface area (Å²) in [5.41, 5.74) is 1.78. The zero-order valence-corrected chi connectivity index (χ0v) is 14.1. The van der Waals surface area contributed by atoms with Crippen LogP contribution in [0.5, 0.6) is 0 Å². The Balaban J connectivity index is 1.41. The molecule has 24 heavy (non-hydrogen) atoms. The van der Waals surface area contributed by atoms with Crippen LogP contribution in [0.15, 0.2) is 42.2 Å². The van der Waals surface area contributed by atoms with Crippen molar-refractivity contribution in [3.8, 4) is 10.8 Å². The van der Waals surface area contributed by atoms with Crippen LogP contribution >= 0.6 is 22.9 Å². The lowest BCUT2D eigenvalue weighted by Crippen LogP contribution is -2.06. The summed E-state index contributed by atoms with van der Waals surface area (Å²) in [5, 5.41) is 7.75. The van der Waals surface area contributed by atoms with Crippen molar-refractivity contribution in [3.63, 3.8) is 0 Å². The van der Waals surface area contributed by atoms with Gasteiger partial charge in [-0.05, 0) is 18.2 Å². The molecule has 0 saturated carbocycles. The minimum atomic E-state index is 0.660. The van der Waals surface area contributed by atoms with Gasteiger partial charge in [0.2, 0.25) is 0 Å². The molecule has 8 heteroatoms. The maximum absolute atomic E-state index is 6.25. The van der Waals surface area contributed by atoms with Gasteiger partial charge in [-0.3, -0.25) is 0 Å². The Labute approximate surface area is 147 Å². The van der Waals surface area contributed by atoms with E-state index in [1.807, 2.05) is 23.7 Å². The zero-order valence-electron chi connectivity index (χ0n) is 12.5. The van der Waals surface area contributed by atoms with Crippen LogP contribution in [-0.2, 0) is 6.42 Å². The topological polar surface area (TPSA) is 79.4 Å². The Morgan fingerprint density at radius 2 is 2.08 bits per heavy atom. The summed E-state index contributed by atoms with van der Waals surface area (Å²) in [6.45, 7) is 0.717. The highest BCUT2D eigenvalue weighted by Crippen LogP contribution is 2.24. The fourth-order valence-corrected chi connectivity index (χ4v) is 3.39. The van der Waals surface area contributed by atoms with Gasteiger partial charge in [0.15, 0.2) is 10.8 Å². The molecule has 6 nitrogen and oxygen atoms in total. The molecule has 0 amide bonds. The van der Waals surface area contributed by atoms with Gasteiger partial charge < -0.3 is 10.3 Å². The Morgan fingerprint density at radius 1 is 1.21 bits per heavy atom. The van der Waals surface area contributed by atoms with Gasteiger partial charge in [0.05, 0.1) is 10.7 Å². The monoisotopic (exact) mass is 356 g/mol. The number of pyridine rings is 1. The van der Waals surface area contributed by atoms with E-state index in [9.17, 15) is 0 Å². The van der Waals surface area contributed by atoms with Crippen molar-refractivity contribution >= 4 is 39.8 Å². The maximum Gasteiger partial charge on any atom is 0.188 e. The average molecular weight is 357 g/mol. The third-order valence-electron chi connectivity index (χ3n) is 3.47. The summed E-state index contributed by atoms with van der Waals surface area (Å²) in [4.78, 5) is 20.6. The summed E-state index contributed by atoms with van der Waals surface area (Å²) in [6, 6.07) is 5.54. The highest BCUT2D eigenvalue weighted by atomic mass is 35.5. The van der Waals surface area contributed by atoms with E-state index in [0.29, 0.717) is 17.4 Å². The number of aromatic nitrogens is 5. The van der Waals surface area contributed by atoms with Crippen LogP contribution in [0.1, 0.15) is 5.69 Å². The van der Waals surface area contributed by atoms with Crippen LogP contribution in [-0.4, -0.2) is 31.5 Å². The molecule has 4 aromatic rings. The Morgan fingerprint density at radius 3 is 2.96 bits per heavy atom. The molecule has 4 aromatic heterocycles. The van der Waals surface area contributed by atoms with Crippen molar-refractivity contribution in [2.24, 2.45) is 0 Å². The first-order valence-electron chi connectivity index (χ1n) is 7.39. The quantitative estimate of drug-likeness (QED) is 0.568. The van der Waals surface area contributed by atoms with Crippen molar-refractivity contribution in [1.29, 1.82) is 0 Å². The summed E-state index contributed by atoms with van der Waals surface area (Å²) >= 11 is 7.79. The number of anilines is 1. The van der Waals surface area contributed by atoms with E-state index in [4.69, 9.17) is 11.6 Å². The minimum absolute atomic E-state index is 0.660. The van der Waals surface area contributed by atoms with Gasteiger partial charge in [0.25, 0.3) is 0 Å². The molecule has 0 unspecified atom stereocenters. The predicted molar refractivity (Wildman–Crippen MR) is 96.4 cm³/mol. The smallest absolute Gasteiger partial charge is 0.188 e. The summed E-state index contributed by atoms with van der Waals surface area (Å²) < 4.78 is 0. The molecule has 0 saturated heterocycles. The van der Waals surface area contributed by atoms with E-state index in [0.717, 1.165) is 34.0 Å². The maximum atomic E-state index is 6.25. The van der Waals surface area contributed by atoms with E-state index in [-0.39, 0.29) is 0 Å². The second kappa shape index (κ2) is 6.54. The molecule has 0 spiro atoms. The molecule has 4 rings (SSSR count). The average Bonchev–Trinajstić information content (AvgIpc) is 3.25. The van der Waals surface area contributed by atoms with Crippen LogP contribution in [0, 0.1) is 0 Å². The first-order valence-corrected chi connectivity index (χ1v) is 8.64. The molecule has 0 aliphatic rings. The van der Waals surface area contributed by atoms with E-state index in [1.54, 1.807) is 29.8 Å². The molecule has 4 heterocycles. The zero-order chi connectivity index (χ0) is 16.4. The van der Waals surface area contributed by atoms with Crippen LogP contribution in [0.25, 0.3) is 21.9 Å². The summed E-state index contributed by atoms with van der Waals surface area (Å²) in [7, 11) is 0.